The minimum absolute atomic E-state index is 0.0465. The monoisotopic (exact) mass is 790 g/mol. The standard InChI is InChI=1S/2C18H33P.C4H8.2ClH.Ru/c2*1-4-10-16(11-5-1)19(17-12-6-2-7-13-17)18-14-8-3-9-15-18;1-4(2)3;;;/h2*16-18H,1-15H2;1,4H,2-3H3;2*1H;/q;;;;;+2. The first-order valence-electron chi connectivity index (χ1n) is 20.6. The zero-order valence-corrected chi connectivity index (χ0v) is 35.2. The fourth-order valence-corrected chi connectivity index (χ4v) is 24.2. The molecule has 6 aliphatic carbocycles. The third-order valence-electron chi connectivity index (χ3n) is 12.8. The van der Waals surface area contributed by atoms with Crippen LogP contribution in [0.5, 0.6) is 0 Å². The first kappa shape index (κ1) is 39.7. The van der Waals surface area contributed by atoms with Crippen LogP contribution >= 0.6 is 35.2 Å². The van der Waals surface area contributed by atoms with Crippen LogP contribution < -0.4 is 0 Å². The zero-order chi connectivity index (χ0) is 31.7. The van der Waals surface area contributed by atoms with Gasteiger partial charge in [-0.05, 0) is 154 Å². The first-order valence-corrected chi connectivity index (χ1v) is 29.5. The van der Waals surface area contributed by atoms with Gasteiger partial charge < -0.3 is 0 Å². The quantitative estimate of drug-likeness (QED) is 0.178. The Morgan fingerprint density at radius 1 is 0.378 bits per heavy atom. The minimum atomic E-state index is -1.44. The molecule has 6 aliphatic rings. The molecule has 0 unspecified atom stereocenters. The van der Waals surface area contributed by atoms with E-state index in [1.54, 1.807) is 193 Å². The summed E-state index contributed by atoms with van der Waals surface area (Å²) in [6, 6.07) is 0. The van der Waals surface area contributed by atoms with E-state index >= 15 is 0 Å². The van der Waals surface area contributed by atoms with Crippen LogP contribution in [0.25, 0.3) is 0 Å². The van der Waals surface area contributed by atoms with Gasteiger partial charge in [-0.1, -0.05) is 38.5 Å². The van der Waals surface area contributed by atoms with E-state index in [9.17, 15) is 0 Å². The van der Waals surface area contributed by atoms with Gasteiger partial charge in [-0.2, -0.15) is 0 Å². The normalized spacial score (nSPS) is 26.2. The first-order chi connectivity index (χ1) is 22.0. The molecular formula is C40H76Cl2P2Ru+2. The third kappa shape index (κ3) is 14.6. The van der Waals surface area contributed by atoms with Crippen molar-refractivity contribution in [2.75, 3.05) is 0 Å². The fraction of sp³-hybridized carbons (Fsp3) is 0.975. The van der Waals surface area contributed by atoms with Gasteiger partial charge >= 0.3 is 57.3 Å². The van der Waals surface area contributed by atoms with Gasteiger partial charge in [0.25, 0.3) is 0 Å². The van der Waals surface area contributed by atoms with E-state index in [-0.39, 0.29) is 15.8 Å². The molecule has 0 nitrogen and oxygen atoms in total. The third-order valence-corrected chi connectivity index (χ3v) is 24.6. The second-order valence-corrected chi connectivity index (χ2v) is 29.3. The van der Waals surface area contributed by atoms with Gasteiger partial charge in [0.05, 0.1) is 34.0 Å². The van der Waals surface area contributed by atoms with Crippen LogP contribution in [0.15, 0.2) is 0 Å². The summed E-state index contributed by atoms with van der Waals surface area (Å²) in [7, 11) is 11.0. The molecular weight excluding hydrogens is 714 g/mol. The van der Waals surface area contributed by atoms with E-state index in [4.69, 9.17) is 19.4 Å². The van der Waals surface area contributed by atoms with Crippen molar-refractivity contribution in [2.24, 2.45) is 5.92 Å². The Morgan fingerprint density at radius 2 is 0.556 bits per heavy atom. The summed E-state index contributed by atoms with van der Waals surface area (Å²) in [6.07, 6.45) is 47.6. The summed E-state index contributed by atoms with van der Waals surface area (Å²) in [5, 5.41) is 0. The van der Waals surface area contributed by atoms with Gasteiger partial charge in [0, 0.05) is 15.8 Å². The van der Waals surface area contributed by atoms with E-state index < -0.39 is 13.5 Å². The summed E-state index contributed by atoms with van der Waals surface area (Å²) in [6.45, 7) is 4.15. The molecule has 0 saturated heterocycles. The van der Waals surface area contributed by atoms with Gasteiger partial charge in [0.2, 0.25) is 0 Å². The summed E-state index contributed by atoms with van der Waals surface area (Å²) >= 11 is -1.44. The van der Waals surface area contributed by atoms with Crippen LogP contribution in [-0.2, 0) is 13.5 Å². The topological polar surface area (TPSA) is 0 Å². The Bertz CT molecular complexity index is 626. The van der Waals surface area contributed by atoms with Crippen molar-refractivity contribution in [1.29, 1.82) is 0 Å². The Kier molecular flexibility index (Phi) is 20.7. The van der Waals surface area contributed by atoms with Gasteiger partial charge in [0.1, 0.15) is 0 Å². The predicted octanol–water partition coefficient (Wildman–Crippen LogP) is 14.8. The molecule has 0 aromatic rings. The summed E-state index contributed by atoms with van der Waals surface area (Å²) in [5.74, 6) is 0.550. The molecule has 0 atom stereocenters. The van der Waals surface area contributed by atoms with Crippen LogP contribution in [0.2, 0.25) is 0 Å². The maximum atomic E-state index is 5.53. The van der Waals surface area contributed by atoms with Crippen molar-refractivity contribution in [3.05, 3.63) is 0 Å². The molecule has 6 rings (SSSR count). The van der Waals surface area contributed by atoms with Gasteiger partial charge in [0.15, 0.2) is 0 Å². The van der Waals surface area contributed by atoms with Crippen molar-refractivity contribution in [3.8, 4) is 0 Å². The van der Waals surface area contributed by atoms with Crippen molar-refractivity contribution < 1.29 is 13.5 Å². The number of rotatable bonds is 7. The summed E-state index contributed by atoms with van der Waals surface area (Å²) < 4.78 is 2.01. The molecule has 0 amide bonds. The van der Waals surface area contributed by atoms with Crippen molar-refractivity contribution in [3.63, 3.8) is 0 Å². The van der Waals surface area contributed by atoms with Crippen LogP contribution in [0.3, 0.4) is 0 Å². The van der Waals surface area contributed by atoms with Crippen LogP contribution in [0.4, 0.5) is 0 Å². The summed E-state index contributed by atoms with van der Waals surface area (Å²) in [5.41, 5.74) is 7.36. The van der Waals surface area contributed by atoms with Crippen LogP contribution in [-0.4, -0.2) is 38.6 Å². The predicted molar refractivity (Wildman–Crippen MR) is 210 cm³/mol. The average Bonchev–Trinajstić information content (AvgIpc) is 3.08. The second-order valence-electron chi connectivity index (χ2n) is 16.6. The SMILES string of the molecule is C1CCC([PH+](C2CCCCC2)C2CCCCC2)CC1.C1CCC([PH+](C2CCCCC2)C2CCCCC2)CC1.CC(C)[CH]=[Ru]([Cl])[Cl]. The molecule has 0 heterocycles. The van der Waals surface area contributed by atoms with Gasteiger partial charge in [-0.3, -0.25) is 0 Å². The summed E-state index contributed by atoms with van der Waals surface area (Å²) in [4.78, 5) is 0. The Morgan fingerprint density at radius 3 is 0.667 bits per heavy atom. The molecule has 0 aromatic heterocycles. The molecule has 5 heteroatoms. The average molecular weight is 791 g/mol. The molecule has 0 bridgehead atoms. The fourth-order valence-electron chi connectivity index (χ4n) is 10.8. The molecule has 0 radical (unpaired) electrons. The molecule has 266 valence electrons. The number of halogens is 2. The van der Waals surface area contributed by atoms with E-state index in [1.165, 1.54) is 34.0 Å². The van der Waals surface area contributed by atoms with Crippen molar-refractivity contribution >= 4 is 39.8 Å². The molecule has 6 saturated carbocycles. The van der Waals surface area contributed by atoms with E-state index in [0.29, 0.717) is 5.92 Å². The maximum absolute atomic E-state index is 5.53. The van der Waals surface area contributed by atoms with E-state index in [0.717, 1.165) is 0 Å². The number of hydrogen-bond donors (Lipinski definition) is 0. The van der Waals surface area contributed by atoms with Gasteiger partial charge in [-0.15, -0.1) is 0 Å². The van der Waals surface area contributed by atoms with Crippen molar-refractivity contribution in [2.45, 2.75) is 240 Å². The Hall–Kier alpha value is 1.93. The molecule has 0 spiro atoms. The van der Waals surface area contributed by atoms with E-state index in [1.807, 2.05) is 4.61 Å². The molecule has 0 aliphatic heterocycles. The molecule has 6 fully saturated rings. The van der Waals surface area contributed by atoms with Gasteiger partial charge in [-0.25, -0.2) is 0 Å². The van der Waals surface area contributed by atoms with Crippen LogP contribution in [0, 0.1) is 5.92 Å². The molecule has 0 N–H and O–H groups in total. The molecule has 45 heavy (non-hydrogen) atoms. The van der Waals surface area contributed by atoms with E-state index in [2.05, 4.69) is 13.8 Å². The Balaban J connectivity index is 0.000000170. The van der Waals surface area contributed by atoms with Crippen LogP contribution in [0.1, 0.15) is 206 Å². The number of hydrogen-bond acceptors (Lipinski definition) is 0. The Labute approximate surface area is 297 Å². The zero-order valence-electron chi connectivity index (χ0n) is 29.9. The second kappa shape index (κ2) is 23.4. The van der Waals surface area contributed by atoms with Crippen molar-refractivity contribution in [1.82, 2.24) is 0 Å². The molecule has 0 aromatic carbocycles.